The Morgan fingerprint density at radius 2 is 0.481 bits per heavy atom. The van der Waals surface area contributed by atoms with Crippen LogP contribution in [0.4, 0.5) is 22.7 Å². The van der Waals surface area contributed by atoms with Crippen LogP contribution in [0.1, 0.15) is 0 Å². The zero-order valence-corrected chi connectivity index (χ0v) is 35.2. The first-order valence-electron chi connectivity index (χ1n) is 16.1. The average molecular weight is 1080 g/mol. The van der Waals surface area contributed by atoms with Crippen LogP contribution in [0, 0.1) is 0 Å². The van der Waals surface area contributed by atoms with Crippen LogP contribution in [0.2, 0.25) is 0 Å². The molecular formula is C42H36Bi2N4O4. The standard InChI is InChI=1S/4C9H8NO.C6H4.2Bi/c4*1-2-9(11)10-8-6-4-3-5-7-8;1-2-4-6-5-3-1;;/h4*2,4-7H,1H2,(H,10,11);1-2,5-6H;;. The molecule has 52 heavy (non-hydrogen) atoms. The van der Waals surface area contributed by atoms with E-state index in [1.54, 1.807) is 0 Å². The van der Waals surface area contributed by atoms with E-state index in [0.717, 1.165) is 0 Å². The van der Waals surface area contributed by atoms with Crippen LogP contribution in [0.15, 0.2) is 172 Å². The average Bonchev–Trinajstić information content (AvgIpc) is 3.18. The van der Waals surface area contributed by atoms with E-state index in [-0.39, 0.29) is 23.6 Å². The third-order valence-electron chi connectivity index (χ3n) is 7.68. The van der Waals surface area contributed by atoms with Gasteiger partial charge in [0.1, 0.15) is 0 Å². The normalized spacial score (nSPS) is 10.5. The van der Waals surface area contributed by atoms with Gasteiger partial charge in [-0.1, -0.05) is 0 Å². The van der Waals surface area contributed by atoms with Crippen molar-refractivity contribution in [2.24, 2.45) is 0 Å². The minimum atomic E-state index is -2.89. The Hall–Kier alpha value is -5.29. The summed E-state index contributed by atoms with van der Waals surface area (Å²) in [7, 11) is 0. The monoisotopic (exact) mass is 1080 g/mol. The molecule has 0 heterocycles. The van der Waals surface area contributed by atoms with Crippen molar-refractivity contribution in [3.63, 3.8) is 0 Å². The van der Waals surface area contributed by atoms with E-state index in [9.17, 15) is 19.2 Å². The Kier molecular flexibility index (Phi) is 13.3. The van der Waals surface area contributed by atoms with Crippen LogP contribution in [0.5, 0.6) is 0 Å². The first kappa shape index (κ1) is 37.9. The number of benzene rings is 5. The molecular weight excluding hydrogens is 1040 g/mol. The Balaban J connectivity index is 1.54. The number of hydrogen-bond donors (Lipinski definition) is 4. The van der Waals surface area contributed by atoms with E-state index < -0.39 is 43.5 Å². The van der Waals surface area contributed by atoms with E-state index in [2.05, 4.69) is 120 Å². The van der Waals surface area contributed by atoms with E-state index in [1.807, 2.05) is 48.5 Å². The fourth-order valence-corrected chi connectivity index (χ4v) is 22.6. The SMILES string of the molecule is C=CC(=O)Nc1cc[c]([Bi]([c]2ccc(NC(=O)C=C)cc2)[c]2cc[c]([Bi]([c]3ccc(NC(=O)C=C)cc3)[c]3ccc(NC(=O)C=C)cc3)cc2)cc1. The van der Waals surface area contributed by atoms with Crippen LogP contribution in [0.3, 0.4) is 0 Å². The molecule has 4 amide bonds. The van der Waals surface area contributed by atoms with Crippen LogP contribution in [-0.4, -0.2) is 67.1 Å². The molecule has 0 saturated carbocycles. The topological polar surface area (TPSA) is 116 Å². The van der Waals surface area contributed by atoms with Gasteiger partial charge in [0.25, 0.3) is 0 Å². The maximum absolute atomic E-state index is 11.9. The van der Waals surface area contributed by atoms with Gasteiger partial charge in [0.2, 0.25) is 0 Å². The van der Waals surface area contributed by atoms with Crippen molar-refractivity contribution in [1.82, 2.24) is 0 Å². The number of carbonyl (C=O) groups is 4. The minimum absolute atomic E-state index is 0.270. The molecule has 258 valence electrons. The molecule has 5 aromatic rings. The molecule has 0 bridgehead atoms. The van der Waals surface area contributed by atoms with Gasteiger partial charge in [0.15, 0.2) is 0 Å². The van der Waals surface area contributed by atoms with Crippen molar-refractivity contribution in [1.29, 1.82) is 0 Å². The summed E-state index contributed by atoms with van der Waals surface area (Å²) in [6.07, 6.45) is 4.97. The maximum atomic E-state index is 11.9. The van der Waals surface area contributed by atoms with Crippen molar-refractivity contribution in [2.45, 2.75) is 0 Å². The molecule has 0 spiro atoms. The van der Waals surface area contributed by atoms with Gasteiger partial charge in [0, 0.05) is 0 Å². The summed E-state index contributed by atoms with van der Waals surface area (Å²) in [6, 6.07) is 41.0. The summed E-state index contributed by atoms with van der Waals surface area (Å²) >= 11 is -5.79. The molecule has 4 N–H and O–H groups in total. The molecule has 0 aliphatic rings. The first-order valence-corrected chi connectivity index (χ1v) is 26.5. The number of nitrogens with one attached hydrogen (secondary N) is 4. The third kappa shape index (κ3) is 9.94. The Bertz CT molecular complexity index is 1830. The van der Waals surface area contributed by atoms with Crippen LogP contribution < -0.4 is 40.9 Å². The molecule has 0 aliphatic carbocycles. The zero-order chi connectivity index (χ0) is 37.0. The fraction of sp³-hybridized carbons (Fsp3) is 0. The summed E-state index contributed by atoms with van der Waals surface area (Å²) in [5, 5.41) is 11.3. The molecule has 10 heteroatoms. The molecule has 5 rings (SSSR count). The van der Waals surface area contributed by atoms with Gasteiger partial charge in [-0.05, 0) is 0 Å². The Morgan fingerprint density at radius 3 is 0.635 bits per heavy atom. The molecule has 0 saturated heterocycles. The van der Waals surface area contributed by atoms with Gasteiger partial charge in [-0.15, -0.1) is 0 Å². The van der Waals surface area contributed by atoms with E-state index in [0.29, 0.717) is 22.7 Å². The summed E-state index contributed by atoms with van der Waals surface area (Å²) in [4.78, 5) is 47.7. The number of hydrogen-bond acceptors (Lipinski definition) is 4. The van der Waals surface area contributed by atoms with E-state index in [4.69, 9.17) is 0 Å². The summed E-state index contributed by atoms with van der Waals surface area (Å²) in [5.41, 5.74) is 2.77. The number of anilines is 4. The molecule has 0 aliphatic heterocycles. The fourth-order valence-electron chi connectivity index (χ4n) is 5.19. The van der Waals surface area contributed by atoms with Gasteiger partial charge in [-0.3, -0.25) is 0 Å². The van der Waals surface area contributed by atoms with Crippen LogP contribution in [0.25, 0.3) is 0 Å². The van der Waals surface area contributed by atoms with Crippen molar-refractivity contribution in [3.8, 4) is 0 Å². The molecule has 5 aromatic carbocycles. The molecule has 0 fully saturated rings. The van der Waals surface area contributed by atoms with Crippen molar-refractivity contribution in [2.75, 3.05) is 21.3 Å². The van der Waals surface area contributed by atoms with Gasteiger partial charge in [-0.2, -0.15) is 0 Å². The quantitative estimate of drug-likeness (QED) is 0.101. The Morgan fingerprint density at radius 1 is 0.327 bits per heavy atom. The van der Waals surface area contributed by atoms with Gasteiger partial charge in [-0.25, -0.2) is 0 Å². The summed E-state index contributed by atoms with van der Waals surface area (Å²) in [5.74, 6) is -1.08. The zero-order valence-electron chi connectivity index (χ0n) is 28.2. The molecule has 0 aromatic heterocycles. The number of amides is 4. The predicted octanol–water partition coefficient (Wildman–Crippen LogP) is 3.22. The summed E-state index contributed by atoms with van der Waals surface area (Å²) < 4.78 is 7.40. The molecule has 0 radical (unpaired) electrons. The predicted molar refractivity (Wildman–Crippen MR) is 217 cm³/mol. The second kappa shape index (κ2) is 18.3. The molecule has 8 nitrogen and oxygen atoms in total. The van der Waals surface area contributed by atoms with Gasteiger partial charge < -0.3 is 0 Å². The van der Waals surface area contributed by atoms with Gasteiger partial charge >= 0.3 is 322 Å². The third-order valence-corrected chi connectivity index (χ3v) is 26.7. The van der Waals surface area contributed by atoms with Gasteiger partial charge in [0.05, 0.1) is 0 Å². The molecule has 0 unspecified atom stereocenters. The summed E-state index contributed by atoms with van der Waals surface area (Å²) in [6.45, 7) is 14.2. The van der Waals surface area contributed by atoms with Crippen molar-refractivity contribution in [3.05, 3.63) is 172 Å². The van der Waals surface area contributed by atoms with E-state index >= 15 is 0 Å². The van der Waals surface area contributed by atoms with Crippen LogP contribution >= 0.6 is 0 Å². The first-order chi connectivity index (χ1) is 25.2. The Labute approximate surface area is 319 Å². The second-order valence-corrected chi connectivity index (χ2v) is 28.4. The second-order valence-electron chi connectivity index (χ2n) is 11.1. The van der Waals surface area contributed by atoms with Crippen molar-refractivity contribution >= 4 is 110 Å². The van der Waals surface area contributed by atoms with Crippen LogP contribution in [-0.2, 0) is 19.2 Å². The van der Waals surface area contributed by atoms with E-state index in [1.165, 1.54) is 43.9 Å². The molecule has 0 atom stereocenters. The number of rotatable bonds is 14. The number of carbonyl (C=O) groups excluding carboxylic acids is 4. The van der Waals surface area contributed by atoms with Crippen molar-refractivity contribution < 1.29 is 19.2 Å².